The highest BCUT2D eigenvalue weighted by Gasteiger charge is 2.21. The minimum Gasteiger partial charge on any atom is -0.495 e. The van der Waals surface area contributed by atoms with Gasteiger partial charge in [0.1, 0.15) is 11.5 Å². The van der Waals surface area contributed by atoms with Crippen LogP contribution in [-0.4, -0.2) is 27.2 Å². The summed E-state index contributed by atoms with van der Waals surface area (Å²) in [5.41, 5.74) is 1.11. The van der Waals surface area contributed by atoms with Crippen LogP contribution in [0.5, 0.6) is 5.75 Å². The average molecular weight is 404 g/mol. The van der Waals surface area contributed by atoms with E-state index in [1.807, 2.05) is 24.3 Å². The van der Waals surface area contributed by atoms with Crippen molar-refractivity contribution in [1.82, 2.24) is 0 Å². The first-order valence-electron chi connectivity index (χ1n) is 8.16. The Balaban J connectivity index is 1.83. The Morgan fingerprint density at radius 1 is 1.07 bits per heavy atom. The number of carbonyl (C=O) groups is 1. The lowest BCUT2D eigenvalue weighted by atomic mass is 10.1. The zero-order chi connectivity index (χ0) is 19.6. The van der Waals surface area contributed by atoms with Gasteiger partial charge in [0, 0.05) is 11.1 Å². The standard InChI is InChI=1S/C20H18ClNO4S/c1-13-9-18(19(26-2)11-17(13)21)22-20(23)12-27(24,25)16-8-7-14-5-3-4-6-15(14)10-16/h3-11H,12H2,1-2H3,(H,22,23). The second kappa shape index (κ2) is 7.58. The smallest absolute Gasteiger partial charge is 0.240 e. The number of hydrogen-bond acceptors (Lipinski definition) is 4. The number of halogens is 1. The van der Waals surface area contributed by atoms with Gasteiger partial charge in [-0.25, -0.2) is 8.42 Å². The Morgan fingerprint density at radius 2 is 1.78 bits per heavy atom. The van der Waals surface area contributed by atoms with Crippen LogP contribution in [-0.2, 0) is 14.6 Å². The summed E-state index contributed by atoms with van der Waals surface area (Å²) in [5, 5.41) is 4.82. The summed E-state index contributed by atoms with van der Waals surface area (Å²) in [6, 6.07) is 15.5. The van der Waals surface area contributed by atoms with E-state index in [-0.39, 0.29) is 4.90 Å². The molecule has 3 rings (SSSR count). The largest absolute Gasteiger partial charge is 0.495 e. The second-order valence-electron chi connectivity index (χ2n) is 6.12. The molecule has 3 aromatic rings. The highest BCUT2D eigenvalue weighted by atomic mass is 35.5. The summed E-state index contributed by atoms with van der Waals surface area (Å²) < 4.78 is 30.5. The number of carbonyl (C=O) groups excluding carboxylic acids is 1. The van der Waals surface area contributed by atoms with Crippen molar-refractivity contribution < 1.29 is 17.9 Å². The Morgan fingerprint density at radius 3 is 2.48 bits per heavy atom. The van der Waals surface area contributed by atoms with Crippen molar-refractivity contribution in [1.29, 1.82) is 0 Å². The van der Waals surface area contributed by atoms with E-state index in [1.54, 1.807) is 31.2 Å². The minimum absolute atomic E-state index is 0.107. The van der Waals surface area contributed by atoms with Gasteiger partial charge in [0.05, 0.1) is 17.7 Å². The summed E-state index contributed by atoms with van der Waals surface area (Å²) in [6.45, 7) is 1.78. The molecule has 1 N–H and O–H groups in total. The predicted octanol–water partition coefficient (Wildman–Crippen LogP) is 4.22. The third-order valence-electron chi connectivity index (χ3n) is 4.16. The molecule has 140 valence electrons. The number of benzene rings is 3. The number of ether oxygens (including phenoxy) is 1. The molecule has 0 aromatic heterocycles. The molecule has 0 unspecified atom stereocenters. The van der Waals surface area contributed by atoms with E-state index >= 15 is 0 Å². The zero-order valence-corrected chi connectivity index (χ0v) is 16.4. The van der Waals surface area contributed by atoms with Crippen molar-refractivity contribution >= 4 is 43.8 Å². The van der Waals surface area contributed by atoms with Crippen LogP contribution in [0.1, 0.15) is 5.56 Å². The van der Waals surface area contributed by atoms with E-state index in [2.05, 4.69) is 5.32 Å². The average Bonchev–Trinajstić information content (AvgIpc) is 2.63. The molecule has 0 saturated heterocycles. The van der Waals surface area contributed by atoms with Gasteiger partial charge in [-0.05, 0) is 41.5 Å². The van der Waals surface area contributed by atoms with Crippen molar-refractivity contribution in [3.63, 3.8) is 0 Å². The highest BCUT2D eigenvalue weighted by Crippen LogP contribution is 2.31. The molecule has 0 aliphatic carbocycles. The Bertz CT molecular complexity index is 1130. The van der Waals surface area contributed by atoms with Gasteiger partial charge in [-0.3, -0.25) is 4.79 Å². The van der Waals surface area contributed by atoms with Gasteiger partial charge in [0.25, 0.3) is 0 Å². The zero-order valence-electron chi connectivity index (χ0n) is 14.8. The number of rotatable bonds is 5. The Kier molecular flexibility index (Phi) is 5.39. The lowest BCUT2D eigenvalue weighted by molar-refractivity contribution is -0.113. The molecule has 0 aliphatic rings. The van der Waals surface area contributed by atoms with Gasteiger partial charge in [0.15, 0.2) is 9.84 Å². The molecule has 0 heterocycles. The minimum atomic E-state index is -3.79. The molecule has 0 bridgehead atoms. The number of nitrogens with one attached hydrogen (secondary N) is 1. The first-order chi connectivity index (χ1) is 12.8. The molecule has 0 spiro atoms. The summed E-state index contributed by atoms with van der Waals surface area (Å²) in [7, 11) is -2.34. The van der Waals surface area contributed by atoms with Crippen LogP contribution in [0.2, 0.25) is 5.02 Å². The van der Waals surface area contributed by atoms with E-state index in [0.717, 1.165) is 16.3 Å². The summed E-state index contributed by atoms with van der Waals surface area (Å²) in [6.07, 6.45) is 0. The van der Waals surface area contributed by atoms with Crippen LogP contribution >= 0.6 is 11.6 Å². The number of methoxy groups -OCH3 is 1. The van der Waals surface area contributed by atoms with Crippen LogP contribution in [0, 0.1) is 6.92 Å². The van der Waals surface area contributed by atoms with Crippen molar-refractivity contribution in [3.05, 3.63) is 65.2 Å². The first-order valence-corrected chi connectivity index (χ1v) is 10.2. The molecule has 7 heteroatoms. The van der Waals surface area contributed by atoms with Gasteiger partial charge in [-0.1, -0.05) is 41.9 Å². The maximum absolute atomic E-state index is 12.6. The van der Waals surface area contributed by atoms with E-state index in [4.69, 9.17) is 16.3 Å². The van der Waals surface area contributed by atoms with E-state index in [1.165, 1.54) is 13.2 Å². The normalized spacial score (nSPS) is 11.4. The fourth-order valence-electron chi connectivity index (χ4n) is 2.73. The van der Waals surface area contributed by atoms with Gasteiger partial charge in [-0.15, -0.1) is 0 Å². The summed E-state index contributed by atoms with van der Waals surface area (Å²) in [5.74, 6) is -0.957. The Labute approximate surface area is 162 Å². The predicted molar refractivity (Wildman–Crippen MR) is 107 cm³/mol. The maximum atomic E-state index is 12.6. The Hall–Kier alpha value is -2.57. The van der Waals surface area contributed by atoms with Crippen LogP contribution in [0.4, 0.5) is 5.69 Å². The number of sulfone groups is 1. The number of fused-ring (bicyclic) bond motifs is 1. The molecule has 1 amide bonds. The number of amides is 1. The lowest BCUT2D eigenvalue weighted by Crippen LogP contribution is -2.23. The fourth-order valence-corrected chi connectivity index (χ4v) is 4.05. The SMILES string of the molecule is COc1cc(Cl)c(C)cc1NC(=O)CS(=O)(=O)c1ccc2ccccc2c1. The summed E-state index contributed by atoms with van der Waals surface area (Å²) in [4.78, 5) is 12.5. The second-order valence-corrected chi connectivity index (χ2v) is 8.51. The van der Waals surface area contributed by atoms with Crippen molar-refractivity contribution in [2.75, 3.05) is 18.2 Å². The molecule has 0 saturated carbocycles. The third kappa shape index (κ3) is 4.23. The number of aryl methyl sites for hydroxylation is 1. The monoisotopic (exact) mass is 403 g/mol. The van der Waals surface area contributed by atoms with Crippen LogP contribution < -0.4 is 10.1 Å². The highest BCUT2D eigenvalue weighted by molar-refractivity contribution is 7.92. The lowest BCUT2D eigenvalue weighted by Gasteiger charge is -2.12. The quantitative estimate of drug-likeness (QED) is 0.692. The molecule has 27 heavy (non-hydrogen) atoms. The third-order valence-corrected chi connectivity index (χ3v) is 6.18. The molecular weight excluding hydrogens is 386 g/mol. The van der Waals surface area contributed by atoms with Gasteiger partial charge < -0.3 is 10.1 Å². The van der Waals surface area contributed by atoms with E-state index < -0.39 is 21.5 Å². The van der Waals surface area contributed by atoms with Crippen LogP contribution in [0.15, 0.2) is 59.5 Å². The van der Waals surface area contributed by atoms with E-state index in [0.29, 0.717) is 16.5 Å². The van der Waals surface area contributed by atoms with Crippen molar-refractivity contribution in [3.8, 4) is 5.75 Å². The van der Waals surface area contributed by atoms with Gasteiger partial charge >= 0.3 is 0 Å². The number of anilines is 1. The molecule has 0 fully saturated rings. The van der Waals surface area contributed by atoms with Crippen molar-refractivity contribution in [2.45, 2.75) is 11.8 Å². The van der Waals surface area contributed by atoms with Gasteiger partial charge in [-0.2, -0.15) is 0 Å². The topological polar surface area (TPSA) is 72.5 Å². The maximum Gasteiger partial charge on any atom is 0.240 e. The first kappa shape index (κ1) is 19.2. The molecule has 0 aliphatic heterocycles. The molecule has 0 radical (unpaired) electrons. The molecule has 3 aromatic carbocycles. The van der Waals surface area contributed by atoms with Crippen LogP contribution in [0.3, 0.4) is 0 Å². The number of hydrogen-bond donors (Lipinski definition) is 1. The van der Waals surface area contributed by atoms with Crippen LogP contribution in [0.25, 0.3) is 10.8 Å². The van der Waals surface area contributed by atoms with E-state index in [9.17, 15) is 13.2 Å². The fraction of sp³-hybridized carbons (Fsp3) is 0.150. The molecule has 0 atom stereocenters. The molecule has 5 nitrogen and oxygen atoms in total. The summed E-state index contributed by atoms with van der Waals surface area (Å²) >= 11 is 6.05. The van der Waals surface area contributed by atoms with Crippen molar-refractivity contribution in [2.24, 2.45) is 0 Å². The molecular formula is C20H18ClNO4S. The van der Waals surface area contributed by atoms with Gasteiger partial charge in [0.2, 0.25) is 5.91 Å².